The second kappa shape index (κ2) is 5.72. The second-order valence-electron chi connectivity index (χ2n) is 4.61. The molecule has 2 N–H and O–H groups in total. The van der Waals surface area contributed by atoms with Crippen molar-refractivity contribution >= 4 is 21.6 Å². The maximum atomic E-state index is 13.3. The normalized spacial score (nSPS) is 13.9. The van der Waals surface area contributed by atoms with E-state index in [1.807, 2.05) is 37.3 Å². The molecule has 4 heteroatoms. The summed E-state index contributed by atoms with van der Waals surface area (Å²) in [4.78, 5) is 0. The van der Waals surface area contributed by atoms with Crippen LogP contribution >= 0.6 is 15.9 Å². The van der Waals surface area contributed by atoms with Crippen LogP contribution in [0, 0.1) is 5.82 Å². The predicted octanol–water partition coefficient (Wildman–Crippen LogP) is 3.91. The number of benzene rings is 2. The van der Waals surface area contributed by atoms with Gasteiger partial charge in [0.15, 0.2) is 0 Å². The minimum absolute atomic E-state index is 0.0973. The first-order chi connectivity index (χ1) is 9.05. The number of para-hydroxylation sites is 1. The monoisotopic (exact) mass is 323 g/mol. The highest BCUT2D eigenvalue weighted by Crippen LogP contribution is 2.28. The SMILES string of the molecule is CC(CO)(Nc1ccccc1)c1ccc(F)c(Br)c1. The molecule has 0 saturated carbocycles. The number of nitrogens with one attached hydrogen (secondary N) is 1. The Labute approximate surface area is 120 Å². The Hall–Kier alpha value is -1.39. The topological polar surface area (TPSA) is 32.3 Å². The Balaban J connectivity index is 2.33. The smallest absolute Gasteiger partial charge is 0.137 e. The largest absolute Gasteiger partial charge is 0.394 e. The van der Waals surface area contributed by atoms with Gasteiger partial charge in [0.2, 0.25) is 0 Å². The van der Waals surface area contributed by atoms with Crippen molar-refractivity contribution in [3.63, 3.8) is 0 Å². The summed E-state index contributed by atoms with van der Waals surface area (Å²) in [6.45, 7) is 1.78. The number of rotatable bonds is 4. The van der Waals surface area contributed by atoms with Gasteiger partial charge in [0.25, 0.3) is 0 Å². The summed E-state index contributed by atoms with van der Waals surface area (Å²) in [6.07, 6.45) is 0. The summed E-state index contributed by atoms with van der Waals surface area (Å²) in [5, 5.41) is 13.0. The van der Waals surface area contributed by atoms with E-state index in [0.29, 0.717) is 4.47 Å². The molecule has 0 saturated heterocycles. The van der Waals surface area contributed by atoms with Gasteiger partial charge >= 0.3 is 0 Å². The van der Waals surface area contributed by atoms with Crippen molar-refractivity contribution in [2.24, 2.45) is 0 Å². The van der Waals surface area contributed by atoms with Gasteiger partial charge < -0.3 is 10.4 Å². The van der Waals surface area contributed by atoms with Crippen LogP contribution in [0.4, 0.5) is 10.1 Å². The van der Waals surface area contributed by atoms with Crippen LogP contribution in [0.25, 0.3) is 0 Å². The lowest BCUT2D eigenvalue weighted by Crippen LogP contribution is -2.35. The summed E-state index contributed by atoms with van der Waals surface area (Å²) in [5.74, 6) is -0.316. The second-order valence-corrected chi connectivity index (χ2v) is 5.46. The number of hydrogen-bond acceptors (Lipinski definition) is 2. The van der Waals surface area contributed by atoms with Crippen LogP contribution in [0.5, 0.6) is 0 Å². The fraction of sp³-hybridized carbons (Fsp3) is 0.200. The lowest BCUT2D eigenvalue weighted by molar-refractivity contribution is 0.224. The van der Waals surface area contributed by atoms with Crippen molar-refractivity contribution in [1.29, 1.82) is 0 Å². The van der Waals surface area contributed by atoms with E-state index in [1.54, 1.807) is 12.1 Å². The first kappa shape index (κ1) is 14.0. The molecule has 0 aliphatic heterocycles. The molecule has 100 valence electrons. The molecule has 0 spiro atoms. The van der Waals surface area contributed by atoms with Crippen molar-refractivity contribution < 1.29 is 9.50 Å². The molecule has 19 heavy (non-hydrogen) atoms. The number of aliphatic hydroxyl groups excluding tert-OH is 1. The molecular formula is C15H15BrFNO. The van der Waals surface area contributed by atoms with E-state index in [-0.39, 0.29) is 12.4 Å². The lowest BCUT2D eigenvalue weighted by atomic mass is 9.92. The first-order valence-corrected chi connectivity index (χ1v) is 6.74. The van der Waals surface area contributed by atoms with Crippen LogP contribution in [0.2, 0.25) is 0 Å². The Morgan fingerprint density at radius 2 is 1.89 bits per heavy atom. The van der Waals surface area contributed by atoms with Gasteiger partial charge in [0, 0.05) is 5.69 Å². The van der Waals surface area contributed by atoms with Gasteiger partial charge in [-0.2, -0.15) is 0 Å². The number of halogens is 2. The van der Waals surface area contributed by atoms with Crippen molar-refractivity contribution in [1.82, 2.24) is 0 Å². The summed E-state index contributed by atoms with van der Waals surface area (Å²) in [7, 11) is 0. The van der Waals surface area contributed by atoms with Gasteiger partial charge in [-0.3, -0.25) is 0 Å². The van der Waals surface area contributed by atoms with Gasteiger partial charge in [-0.15, -0.1) is 0 Å². The first-order valence-electron chi connectivity index (χ1n) is 5.95. The quantitative estimate of drug-likeness (QED) is 0.894. The van der Waals surface area contributed by atoms with Gasteiger partial charge in [-0.05, 0) is 52.7 Å². The van der Waals surface area contributed by atoms with Crippen LogP contribution in [-0.2, 0) is 5.54 Å². The van der Waals surface area contributed by atoms with Crippen LogP contribution < -0.4 is 5.32 Å². The van der Waals surface area contributed by atoms with Gasteiger partial charge in [0.1, 0.15) is 5.82 Å². The fourth-order valence-electron chi connectivity index (χ4n) is 1.88. The zero-order chi connectivity index (χ0) is 13.9. The highest BCUT2D eigenvalue weighted by molar-refractivity contribution is 9.10. The molecule has 0 aliphatic rings. The predicted molar refractivity (Wildman–Crippen MR) is 78.6 cm³/mol. The molecule has 0 aromatic heterocycles. The molecule has 0 heterocycles. The number of aliphatic hydroxyl groups is 1. The minimum Gasteiger partial charge on any atom is -0.394 e. The molecular weight excluding hydrogens is 309 g/mol. The molecule has 0 amide bonds. The zero-order valence-electron chi connectivity index (χ0n) is 10.5. The van der Waals surface area contributed by atoms with Crippen molar-refractivity contribution in [3.05, 3.63) is 64.4 Å². The molecule has 0 fully saturated rings. The Bertz CT molecular complexity index is 561. The molecule has 2 nitrogen and oxygen atoms in total. The van der Waals surface area contributed by atoms with Crippen molar-refractivity contribution in [2.45, 2.75) is 12.5 Å². The van der Waals surface area contributed by atoms with Crippen LogP contribution in [-0.4, -0.2) is 11.7 Å². The fourth-order valence-corrected chi connectivity index (χ4v) is 2.26. The van der Waals surface area contributed by atoms with Crippen LogP contribution in [0.3, 0.4) is 0 Å². The van der Waals surface area contributed by atoms with Crippen molar-refractivity contribution in [3.8, 4) is 0 Å². The Morgan fingerprint density at radius 3 is 2.47 bits per heavy atom. The van der Waals surface area contributed by atoms with Crippen LogP contribution in [0.1, 0.15) is 12.5 Å². The lowest BCUT2D eigenvalue weighted by Gasteiger charge is -2.30. The van der Waals surface area contributed by atoms with Crippen LogP contribution in [0.15, 0.2) is 53.0 Å². The zero-order valence-corrected chi connectivity index (χ0v) is 12.1. The standard InChI is InChI=1S/C15H15BrFNO/c1-15(10-19,18-12-5-3-2-4-6-12)11-7-8-14(17)13(16)9-11/h2-9,18-19H,10H2,1H3. The molecule has 1 atom stereocenters. The Morgan fingerprint density at radius 1 is 1.21 bits per heavy atom. The molecule has 0 radical (unpaired) electrons. The highest BCUT2D eigenvalue weighted by Gasteiger charge is 2.26. The molecule has 1 unspecified atom stereocenters. The van der Waals surface area contributed by atoms with E-state index in [1.165, 1.54) is 6.07 Å². The molecule has 2 aromatic rings. The third kappa shape index (κ3) is 3.14. The summed E-state index contributed by atoms with van der Waals surface area (Å²) in [5.41, 5.74) is 1.05. The third-order valence-corrected chi connectivity index (χ3v) is 3.67. The molecule has 0 bridgehead atoms. The summed E-state index contributed by atoms with van der Waals surface area (Å²) in [6, 6.07) is 14.4. The van der Waals surface area contributed by atoms with Crippen molar-refractivity contribution in [2.75, 3.05) is 11.9 Å². The van der Waals surface area contributed by atoms with Gasteiger partial charge in [-0.1, -0.05) is 24.3 Å². The molecule has 0 aliphatic carbocycles. The maximum Gasteiger partial charge on any atom is 0.137 e. The molecule has 2 aromatic carbocycles. The minimum atomic E-state index is -0.669. The number of anilines is 1. The third-order valence-electron chi connectivity index (χ3n) is 3.07. The van der Waals surface area contributed by atoms with E-state index < -0.39 is 5.54 Å². The van der Waals surface area contributed by atoms with E-state index >= 15 is 0 Å². The summed E-state index contributed by atoms with van der Waals surface area (Å²) < 4.78 is 13.7. The van der Waals surface area contributed by atoms with E-state index in [2.05, 4.69) is 21.2 Å². The number of hydrogen-bond donors (Lipinski definition) is 2. The van der Waals surface area contributed by atoms with E-state index in [9.17, 15) is 9.50 Å². The molecule has 2 rings (SSSR count). The van der Waals surface area contributed by atoms with E-state index in [0.717, 1.165) is 11.3 Å². The van der Waals surface area contributed by atoms with Gasteiger partial charge in [-0.25, -0.2) is 4.39 Å². The van der Waals surface area contributed by atoms with E-state index in [4.69, 9.17) is 0 Å². The van der Waals surface area contributed by atoms with Gasteiger partial charge in [0.05, 0.1) is 16.6 Å². The average Bonchev–Trinajstić information content (AvgIpc) is 2.43. The average molecular weight is 324 g/mol. The Kier molecular flexibility index (Phi) is 4.22. The highest BCUT2D eigenvalue weighted by atomic mass is 79.9. The summed E-state index contributed by atoms with van der Waals surface area (Å²) >= 11 is 3.17. The maximum absolute atomic E-state index is 13.3.